The molecular formula is C16H15N3OS. The highest BCUT2D eigenvalue weighted by atomic mass is 32.2. The number of hydrogen-bond acceptors (Lipinski definition) is 4. The second kappa shape index (κ2) is 5.69. The molecule has 2 heterocycles. The van der Waals surface area contributed by atoms with Gasteiger partial charge in [-0.3, -0.25) is 4.40 Å². The first-order valence-electron chi connectivity index (χ1n) is 6.68. The summed E-state index contributed by atoms with van der Waals surface area (Å²) in [5, 5.41) is 0.522. The summed E-state index contributed by atoms with van der Waals surface area (Å²) in [4.78, 5) is 20.5. The van der Waals surface area contributed by atoms with E-state index in [1.807, 2.05) is 31.2 Å². The minimum Gasteiger partial charge on any atom is -0.251 e. The molecule has 0 saturated carbocycles. The predicted octanol–water partition coefficient (Wildman–Crippen LogP) is 3.00. The normalized spacial score (nSPS) is 11.0. The third-order valence-electron chi connectivity index (χ3n) is 3.32. The van der Waals surface area contributed by atoms with E-state index in [1.165, 1.54) is 27.3 Å². The topological polar surface area (TPSA) is 47.3 Å². The van der Waals surface area contributed by atoms with Crippen LogP contribution in [0.4, 0.5) is 0 Å². The zero-order valence-corrected chi connectivity index (χ0v) is 12.7. The lowest BCUT2D eigenvalue weighted by Gasteiger charge is -2.05. The Hall–Kier alpha value is -2.14. The Bertz CT molecular complexity index is 858. The van der Waals surface area contributed by atoms with Gasteiger partial charge in [0.15, 0.2) is 5.16 Å². The minimum absolute atomic E-state index is 0.285. The first-order valence-corrected chi connectivity index (χ1v) is 7.66. The second-order valence-electron chi connectivity index (χ2n) is 4.94. The first-order chi connectivity index (χ1) is 10.1. The van der Waals surface area contributed by atoms with E-state index in [2.05, 4.69) is 29.0 Å². The third kappa shape index (κ3) is 2.97. The van der Waals surface area contributed by atoms with Crippen LogP contribution in [0.25, 0.3) is 5.65 Å². The fraction of sp³-hybridized carbons (Fsp3) is 0.188. The molecule has 0 saturated heterocycles. The minimum atomic E-state index is -0.285. The van der Waals surface area contributed by atoms with Gasteiger partial charge in [-0.2, -0.15) is 4.98 Å². The maximum atomic E-state index is 12.0. The van der Waals surface area contributed by atoms with Crippen molar-refractivity contribution >= 4 is 17.4 Å². The van der Waals surface area contributed by atoms with E-state index in [-0.39, 0.29) is 5.69 Å². The van der Waals surface area contributed by atoms with Crippen molar-refractivity contribution in [1.29, 1.82) is 0 Å². The van der Waals surface area contributed by atoms with E-state index < -0.39 is 0 Å². The zero-order valence-electron chi connectivity index (χ0n) is 11.9. The third-order valence-corrected chi connectivity index (χ3v) is 4.21. The molecule has 3 aromatic rings. The summed E-state index contributed by atoms with van der Waals surface area (Å²) in [5.74, 6) is 0.758. The summed E-state index contributed by atoms with van der Waals surface area (Å²) >= 11 is 1.49. The number of thioether (sulfide) groups is 1. The monoisotopic (exact) mass is 297 g/mol. The lowest BCUT2D eigenvalue weighted by molar-refractivity contribution is 0.845. The van der Waals surface area contributed by atoms with Gasteiger partial charge in [0.1, 0.15) is 5.65 Å². The molecule has 0 radical (unpaired) electrons. The van der Waals surface area contributed by atoms with Gasteiger partial charge in [-0.15, -0.1) is 0 Å². The standard InChI is InChI=1S/C16H15N3OS/c1-11-7-8-19-14(9-11)17-15(18-16(19)20)21-10-13-6-4-3-5-12(13)2/h3-9H,10H2,1-2H3. The summed E-state index contributed by atoms with van der Waals surface area (Å²) in [5.41, 5.74) is 3.89. The zero-order chi connectivity index (χ0) is 14.8. The number of benzene rings is 1. The van der Waals surface area contributed by atoms with Crippen LogP contribution in [-0.2, 0) is 5.75 Å². The summed E-state index contributed by atoms with van der Waals surface area (Å²) < 4.78 is 1.46. The Morgan fingerprint density at radius 3 is 2.76 bits per heavy atom. The lowest BCUT2D eigenvalue weighted by Crippen LogP contribution is -2.19. The smallest absolute Gasteiger partial charge is 0.251 e. The van der Waals surface area contributed by atoms with Crippen molar-refractivity contribution in [3.05, 3.63) is 69.8 Å². The van der Waals surface area contributed by atoms with Crippen molar-refractivity contribution in [1.82, 2.24) is 14.4 Å². The molecule has 0 aliphatic rings. The van der Waals surface area contributed by atoms with Crippen molar-refractivity contribution in [2.75, 3.05) is 0 Å². The van der Waals surface area contributed by atoms with Crippen LogP contribution in [0, 0.1) is 13.8 Å². The lowest BCUT2D eigenvalue weighted by atomic mass is 10.1. The molecular weight excluding hydrogens is 282 g/mol. The molecule has 21 heavy (non-hydrogen) atoms. The Labute approximate surface area is 126 Å². The van der Waals surface area contributed by atoms with Crippen molar-refractivity contribution in [2.45, 2.75) is 24.8 Å². The fourth-order valence-electron chi connectivity index (χ4n) is 2.08. The van der Waals surface area contributed by atoms with E-state index >= 15 is 0 Å². The van der Waals surface area contributed by atoms with Crippen LogP contribution < -0.4 is 5.69 Å². The average Bonchev–Trinajstić information content (AvgIpc) is 2.46. The highest BCUT2D eigenvalue weighted by Crippen LogP contribution is 2.20. The maximum absolute atomic E-state index is 12.0. The number of fused-ring (bicyclic) bond motifs is 1. The van der Waals surface area contributed by atoms with Gasteiger partial charge in [0.05, 0.1) is 0 Å². The quantitative estimate of drug-likeness (QED) is 0.697. The number of aryl methyl sites for hydroxylation is 2. The van der Waals surface area contributed by atoms with Gasteiger partial charge < -0.3 is 0 Å². The molecule has 106 valence electrons. The summed E-state index contributed by atoms with van der Waals surface area (Å²) in [6.45, 7) is 4.06. The van der Waals surface area contributed by atoms with Crippen LogP contribution in [0.3, 0.4) is 0 Å². The Morgan fingerprint density at radius 1 is 1.14 bits per heavy atom. The fourth-order valence-corrected chi connectivity index (χ4v) is 2.98. The van der Waals surface area contributed by atoms with Gasteiger partial charge in [0, 0.05) is 11.9 Å². The number of rotatable bonds is 3. The molecule has 1 aromatic carbocycles. The van der Waals surface area contributed by atoms with Crippen LogP contribution in [0.15, 0.2) is 52.5 Å². The van der Waals surface area contributed by atoms with Crippen LogP contribution in [-0.4, -0.2) is 14.4 Å². The molecule has 0 fully saturated rings. The van der Waals surface area contributed by atoms with Crippen LogP contribution in [0.2, 0.25) is 0 Å². The van der Waals surface area contributed by atoms with E-state index in [1.54, 1.807) is 6.20 Å². The highest BCUT2D eigenvalue weighted by Gasteiger charge is 2.06. The van der Waals surface area contributed by atoms with Crippen molar-refractivity contribution in [3.8, 4) is 0 Å². The van der Waals surface area contributed by atoms with Gasteiger partial charge in [-0.05, 0) is 42.7 Å². The SMILES string of the molecule is Cc1ccn2c(=O)nc(SCc3ccccc3C)nc2c1. The van der Waals surface area contributed by atoms with Gasteiger partial charge in [0.25, 0.3) is 0 Å². The van der Waals surface area contributed by atoms with Gasteiger partial charge in [-0.1, -0.05) is 36.0 Å². The molecule has 4 nitrogen and oxygen atoms in total. The van der Waals surface area contributed by atoms with Crippen LogP contribution in [0.1, 0.15) is 16.7 Å². The largest absolute Gasteiger partial charge is 0.355 e. The van der Waals surface area contributed by atoms with E-state index in [9.17, 15) is 4.79 Å². The van der Waals surface area contributed by atoms with E-state index in [0.717, 1.165) is 11.3 Å². The molecule has 0 unspecified atom stereocenters. The number of nitrogens with zero attached hydrogens (tertiary/aromatic N) is 3. The number of aromatic nitrogens is 3. The second-order valence-corrected chi connectivity index (χ2v) is 5.88. The molecule has 0 aliphatic carbocycles. The van der Waals surface area contributed by atoms with Gasteiger partial charge >= 0.3 is 5.69 Å². The molecule has 3 rings (SSSR count). The van der Waals surface area contributed by atoms with Gasteiger partial charge in [0.2, 0.25) is 0 Å². The number of pyridine rings is 1. The summed E-state index contributed by atoms with van der Waals surface area (Å²) in [7, 11) is 0. The molecule has 0 bridgehead atoms. The Morgan fingerprint density at radius 2 is 1.95 bits per heavy atom. The molecule has 5 heteroatoms. The molecule has 0 amide bonds. The Balaban J connectivity index is 1.91. The van der Waals surface area contributed by atoms with Crippen molar-refractivity contribution in [2.24, 2.45) is 0 Å². The summed E-state index contributed by atoms with van der Waals surface area (Å²) in [6, 6.07) is 12.0. The van der Waals surface area contributed by atoms with Crippen molar-refractivity contribution < 1.29 is 0 Å². The highest BCUT2D eigenvalue weighted by molar-refractivity contribution is 7.98. The molecule has 2 aromatic heterocycles. The average molecular weight is 297 g/mol. The molecule has 0 N–H and O–H groups in total. The Kier molecular flexibility index (Phi) is 3.75. The summed E-state index contributed by atoms with van der Waals surface area (Å²) in [6.07, 6.45) is 1.71. The van der Waals surface area contributed by atoms with Crippen molar-refractivity contribution in [3.63, 3.8) is 0 Å². The molecule has 0 atom stereocenters. The van der Waals surface area contributed by atoms with E-state index in [0.29, 0.717) is 10.8 Å². The van der Waals surface area contributed by atoms with Crippen LogP contribution in [0.5, 0.6) is 0 Å². The maximum Gasteiger partial charge on any atom is 0.355 e. The predicted molar refractivity (Wildman–Crippen MR) is 84.7 cm³/mol. The molecule has 0 spiro atoms. The van der Waals surface area contributed by atoms with Gasteiger partial charge in [-0.25, -0.2) is 9.78 Å². The van der Waals surface area contributed by atoms with Crippen LogP contribution >= 0.6 is 11.8 Å². The first kappa shape index (κ1) is 13.8. The van der Waals surface area contributed by atoms with E-state index in [4.69, 9.17) is 0 Å². The molecule has 0 aliphatic heterocycles. The number of hydrogen-bond donors (Lipinski definition) is 0.